The SMILES string of the molecule is CCOC(=O)/C=C/C=N/N(c1ccccc1)c1ccccc1. The highest BCUT2D eigenvalue weighted by Gasteiger charge is 2.05. The number of esters is 1. The molecule has 0 fully saturated rings. The fourth-order valence-corrected chi connectivity index (χ4v) is 1.84. The number of carbonyl (C=O) groups is 1. The van der Waals surface area contributed by atoms with Crippen molar-refractivity contribution in [2.75, 3.05) is 11.6 Å². The molecule has 4 nitrogen and oxygen atoms in total. The predicted molar refractivity (Wildman–Crippen MR) is 89.3 cm³/mol. The van der Waals surface area contributed by atoms with Crippen LogP contribution in [0.5, 0.6) is 0 Å². The van der Waals surface area contributed by atoms with Crippen LogP contribution in [0.1, 0.15) is 6.92 Å². The number of hydrazone groups is 1. The van der Waals surface area contributed by atoms with Gasteiger partial charge in [0.1, 0.15) is 0 Å². The van der Waals surface area contributed by atoms with Crippen molar-refractivity contribution in [3.05, 3.63) is 72.8 Å². The van der Waals surface area contributed by atoms with Crippen molar-refractivity contribution in [1.29, 1.82) is 0 Å². The molecule has 4 heteroatoms. The molecule has 0 unspecified atom stereocenters. The average molecular weight is 294 g/mol. The third-order valence-electron chi connectivity index (χ3n) is 2.79. The Morgan fingerprint density at radius 3 is 2.09 bits per heavy atom. The van der Waals surface area contributed by atoms with Gasteiger partial charge in [-0.05, 0) is 37.3 Å². The van der Waals surface area contributed by atoms with Crippen molar-refractivity contribution >= 4 is 23.6 Å². The lowest BCUT2D eigenvalue weighted by Crippen LogP contribution is -2.08. The van der Waals surface area contributed by atoms with Gasteiger partial charge in [0.2, 0.25) is 0 Å². The lowest BCUT2D eigenvalue weighted by Gasteiger charge is -2.18. The van der Waals surface area contributed by atoms with Gasteiger partial charge in [-0.3, -0.25) is 0 Å². The summed E-state index contributed by atoms with van der Waals surface area (Å²) < 4.78 is 4.82. The molecule has 2 rings (SSSR count). The fraction of sp³-hybridized carbons (Fsp3) is 0.111. The molecule has 22 heavy (non-hydrogen) atoms. The molecule has 2 aromatic carbocycles. The summed E-state index contributed by atoms with van der Waals surface area (Å²) in [7, 11) is 0. The molecule has 0 aromatic heterocycles. The van der Waals surface area contributed by atoms with E-state index in [2.05, 4.69) is 5.10 Å². The quantitative estimate of drug-likeness (QED) is 0.351. The molecular weight excluding hydrogens is 276 g/mol. The first kappa shape index (κ1) is 15.5. The maximum Gasteiger partial charge on any atom is 0.330 e. The molecule has 0 saturated heterocycles. The van der Waals surface area contributed by atoms with Gasteiger partial charge in [-0.15, -0.1) is 0 Å². The Bertz CT molecular complexity index is 597. The number of rotatable bonds is 6. The van der Waals surface area contributed by atoms with Gasteiger partial charge < -0.3 is 4.74 Å². The third kappa shape index (κ3) is 4.59. The molecule has 112 valence electrons. The second-order valence-electron chi connectivity index (χ2n) is 4.36. The molecule has 0 radical (unpaired) electrons. The van der Waals surface area contributed by atoms with Crippen LogP contribution in [-0.4, -0.2) is 18.8 Å². The summed E-state index contributed by atoms with van der Waals surface area (Å²) in [6.45, 7) is 2.13. The van der Waals surface area contributed by atoms with Crippen molar-refractivity contribution < 1.29 is 9.53 Å². The van der Waals surface area contributed by atoms with Crippen LogP contribution in [0.25, 0.3) is 0 Å². The van der Waals surface area contributed by atoms with Crippen LogP contribution in [0.4, 0.5) is 11.4 Å². The van der Waals surface area contributed by atoms with E-state index in [1.54, 1.807) is 24.2 Å². The number of nitrogens with zero attached hydrogens (tertiary/aromatic N) is 2. The highest BCUT2D eigenvalue weighted by molar-refractivity contribution is 5.88. The topological polar surface area (TPSA) is 41.9 Å². The first-order valence-corrected chi connectivity index (χ1v) is 7.09. The normalized spacial score (nSPS) is 11.0. The van der Waals surface area contributed by atoms with Crippen molar-refractivity contribution in [2.45, 2.75) is 6.92 Å². The molecule has 0 bridgehead atoms. The number of hydrogen-bond donors (Lipinski definition) is 0. The predicted octanol–water partition coefficient (Wildman–Crippen LogP) is 3.93. The maximum atomic E-state index is 11.2. The zero-order chi connectivity index (χ0) is 15.6. The first-order valence-electron chi connectivity index (χ1n) is 7.09. The Balaban J connectivity index is 2.18. The fourth-order valence-electron chi connectivity index (χ4n) is 1.84. The van der Waals surface area contributed by atoms with Crippen LogP contribution in [0.3, 0.4) is 0 Å². The number of benzene rings is 2. The van der Waals surface area contributed by atoms with E-state index in [0.29, 0.717) is 6.61 Å². The minimum atomic E-state index is -0.375. The Kier molecular flexibility index (Phi) is 5.93. The number of allylic oxidation sites excluding steroid dienone is 1. The van der Waals surface area contributed by atoms with Gasteiger partial charge in [0, 0.05) is 12.3 Å². The third-order valence-corrected chi connectivity index (χ3v) is 2.79. The van der Waals surface area contributed by atoms with Crippen LogP contribution in [-0.2, 0) is 9.53 Å². The van der Waals surface area contributed by atoms with E-state index < -0.39 is 0 Å². The van der Waals surface area contributed by atoms with Gasteiger partial charge in [0.25, 0.3) is 0 Å². The number of ether oxygens (including phenoxy) is 1. The van der Waals surface area contributed by atoms with Gasteiger partial charge in [-0.25, -0.2) is 9.80 Å². The summed E-state index contributed by atoms with van der Waals surface area (Å²) >= 11 is 0. The number of hydrogen-bond acceptors (Lipinski definition) is 4. The summed E-state index contributed by atoms with van der Waals surface area (Å²) in [5.41, 5.74) is 1.88. The number of anilines is 2. The van der Waals surface area contributed by atoms with Crippen LogP contribution in [0.15, 0.2) is 77.9 Å². The number of carbonyl (C=O) groups excluding carboxylic acids is 1. The smallest absolute Gasteiger partial charge is 0.330 e. The zero-order valence-corrected chi connectivity index (χ0v) is 12.4. The average Bonchev–Trinajstić information content (AvgIpc) is 2.57. The summed E-state index contributed by atoms with van der Waals surface area (Å²) in [6, 6.07) is 19.6. The standard InChI is InChI=1S/C18H18N2O2/c1-2-22-18(21)14-9-15-19-20(16-10-5-3-6-11-16)17-12-7-4-8-13-17/h3-15H,2H2,1H3/b14-9+,19-15+. The maximum absolute atomic E-state index is 11.2. The van der Waals surface area contributed by atoms with E-state index in [4.69, 9.17) is 4.74 Å². The summed E-state index contributed by atoms with van der Waals surface area (Å²) in [6.07, 6.45) is 4.48. The van der Waals surface area contributed by atoms with Crippen LogP contribution in [0.2, 0.25) is 0 Å². The molecule has 0 aliphatic heterocycles. The summed E-state index contributed by atoms with van der Waals surface area (Å²) in [5.74, 6) is -0.375. The van der Waals surface area contributed by atoms with Crippen LogP contribution >= 0.6 is 0 Å². The highest BCUT2D eigenvalue weighted by Crippen LogP contribution is 2.24. The van der Waals surface area contributed by atoms with E-state index >= 15 is 0 Å². The molecule has 2 aromatic rings. The lowest BCUT2D eigenvalue weighted by atomic mass is 10.2. The van der Waals surface area contributed by atoms with Gasteiger partial charge in [0.05, 0.1) is 18.0 Å². The van der Waals surface area contributed by atoms with E-state index in [1.807, 2.05) is 60.7 Å². The van der Waals surface area contributed by atoms with Crippen molar-refractivity contribution in [2.24, 2.45) is 5.10 Å². The van der Waals surface area contributed by atoms with Gasteiger partial charge >= 0.3 is 5.97 Å². The summed E-state index contributed by atoms with van der Waals surface area (Å²) in [4.78, 5) is 11.2. The Hall–Kier alpha value is -2.88. The molecule has 0 heterocycles. The molecule has 0 atom stereocenters. The van der Waals surface area contributed by atoms with E-state index in [9.17, 15) is 4.79 Å². The Morgan fingerprint density at radius 1 is 1.05 bits per heavy atom. The molecule has 0 spiro atoms. The van der Waals surface area contributed by atoms with Crippen LogP contribution < -0.4 is 5.01 Å². The van der Waals surface area contributed by atoms with E-state index in [0.717, 1.165) is 11.4 Å². The number of para-hydroxylation sites is 2. The molecular formula is C18H18N2O2. The Morgan fingerprint density at radius 2 is 1.59 bits per heavy atom. The van der Waals surface area contributed by atoms with Gasteiger partial charge in [-0.1, -0.05) is 36.4 Å². The van der Waals surface area contributed by atoms with Crippen molar-refractivity contribution in [3.8, 4) is 0 Å². The molecule has 0 amide bonds. The van der Waals surface area contributed by atoms with Gasteiger partial charge in [-0.2, -0.15) is 5.10 Å². The van der Waals surface area contributed by atoms with Crippen molar-refractivity contribution in [3.63, 3.8) is 0 Å². The zero-order valence-electron chi connectivity index (χ0n) is 12.4. The van der Waals surface area contributed by atoms with Crippen LogP contribution in [0, 0.1) is 0 Å². The van der Waals surface area contributed by atoms with E-state index in [1.165, 1.54) is 6.08 Å². The first-order chi connectivity index (χ1) is 10.8. The summed E-state index contributed by atoms with van der Waals surface area (Å²) in [5, 5.41) is 6.21. The minimum Gasteiger partial charge on any atom is -0.463 e. The molecule has 0 aliphatic rings. The van der Waals surface area contributed by atoms with E-state index in [-0.39, 0.29) is 5.97 Å². The van der Waals surface area contributed by atoms with Gasteiger partial charge in [0.15, 0.2) is 0 Å². The minimum absolute atomic E-state index is 0.362. The molecule has 0 saturated carbocycles. The second kappa shape index (κ2) is 8.42. The second-order valence-corrected chi connectivity index (χ2v) is 4.36. The largest absolute Gasteiger partial charge is 0.463 e. The highest BCUT2D eigenvalue weighted by atomic mass is 16.5. The monoisotopic (exact) mass is 294 g/mol. The van der Waals surface area contributed by atoms with Crippen molar-refractivity contribution in [1.82, 2.24) is 0 Å². The lowest BCUT2D eigenvalue weighted by molar-refractivity contribution is -0.137. The Labute approximate surface area is 130 Å². The molecule has 0 aliphatic carbocycles. The molecule has 0 N–H and O–H groups in total.